The number of aliphatic hydroxyl groups is 1. The number of piperidine rings is 1. The number of para-hydroxylation sites is 1. The lowest BCUT2D eigenvalue weighted by Gasteiger charge is -2.66. The Labute approximate surface area is 248 Å². The third-order valence-corrected chi connectivity index (χ3v) is 10.5. The molecule has 2 aromatic carbocycles. The van der Waals surface area contributed by atoms with Crippen molar-refractivity contribution in [2.24, 2.45) is 10.8 Å². The number of esters is 1. The van der Waals surface area contributed by atoms with Crippen molar-refractivity contribution in [1.82, 2.24) is 4.90 Å². The highest BCUT2D eigenvalue weighted by atomic mass is 16.5. The van der Waals surface area contributed by atoms with Crippen molar-refractivity contribution in [3.63, 3.8) is 0 Å². The summed E-state index contributed by atoms with van der Waals surface area (Å²) in [5, 5.41) is 12.7. The molecule has 3 fully saturated rings. The monoisotopic (exact) mass is 570 g/mol. The first-order chi connectivity index (χ1) is 20.3. The van der Waals surface area contributed by atoms with Crippen LogP contribution in [-0.4, -0.2) is 59.6 Å². The number of nitrogens with zero attached hydrogens (tertiary/aromatic N) is 2. The number of aryl methyl sites for hydroxylation is 1. The van der Waals surface area contributed by atoms with E-state index in [4.69, 9.17) is 4.74 Å². The lowest BCUT2D eigenvalue weighted by Crippen LogP contribution is -2.73. The Kier molecular flexibility index (Phi) is 7.83. The number of amides is 2. The SMILES string of the molecule is CC1=CC(=O)N(c2ccccc2C(=O)OC[C@]23CCC[C@@]4(CCCCC[C@]42O)CN(CCCc2ccccc2)C3)C1=O. The molecule has 2 heterocycles. The van der Waals surface area contributed by atoms with Crippen LogP contribution >= 0.6 is 0 Å². The van der Waals surface area contributed by atoms with Gasteiger partial charge >= 0.3 is 5.97 Å². The van der Waals surface area contributed by atoms with E-state index < -0.39 is 28.8 Å². The molecule has 3 atom stereocenters. The smallest absolute Gasteiger partial charge is 0.340 e. The molecule has 0 unspecified atom stereocenters. The first-order valence-corrected chi connectivity index (χ1v) is 15.6. The second-order valence-electron chi connectivity index (χ2n) is 13.0. The zero-order valence-corrected chi connectivity index (χ0v) is 24.6. The molecule has 2 aromatic rings. The molecule has 0 spiro atoms. The average molecular weight is 571 g/mol. The number of carbonyl (C=O) groups excluding carboxylic acids is 3. The average Bonchev–Trinajstić information content (AvgIpc) is 3.11. The Morgan fingerprint density at radius 1 is 0.905 bits per heavy atom. The van der Waals surface area contributed by atoms with Gasteiger partial charge in [0.1, 0.15) is 6.61 Å². The number of anilines is 1. The maximum absolute atomic E-state index is 13.7. The van der Waals surface area contributed by atoms with Gasteiger partial charge in [0.15, 0.2) is 0 Å². The number of hydrogen-bond donors (Lipinski definition) is 1. The van der Waals surface area contributed by atoms with Gasteiger partial charge in [0.05, 0.1) is 16.9 Å². The molecule has 2 saturated carbocycles. The van der Waals surface area contributed by atoms with Crippen molar-refractivity contribution in [3.8, 4) is 0 Å². The van der Waals surface area contributed by atoms with Crippen molar-refractivity contribution in [2.45, 2.75) is 76.7 Å². The van der Waals surface area contributed by atoms with Crippen LogP contribution < -0.4 is 4.90 Å². The number of imide groups is 1. The molecule has 222 valence electrons. The minimum atomic E-state index is -0.896. The molecule has 2 amide bonds. The number of hydrogen-bond acceptors (Lipinski definition) is 6. The Bertz CT molecular complexity index is 1390. The first-order valence-electron chi connectivity index (χ1n) is 15.6. The van der Waals surface area contributed by atoms with Crippen LogP contribution in [0.2, 0.25) is 0 Å². The van der Waals surface area contributed by atoms with E-state index in [0.29, 0.717) is 12.1 Å². The molecule has 1 N–H and O–H groups in total. The molecule has 7 heteroatoms. The lowest BCUT2D eigenvalue weighted by molar-refractivity contribution is -0.258. The third kappa shape index (κ3) is 4.90. The van der Waals surface area contributed by atoms with Crippen LogP contribution in [0.25, 0.3) is 0 Å². The molecule has 4 aliphatic rings. The quantitative estimate of drug-likeness (QED) is 0.335. The van der Waals surface area contributed by atoms with Gasteiger partial charge in [0, 0.05) is 35.6 Å². The van der Waals surface area contributed by atoms with E-state index in [1.165, 1.54) is 11.6 Å². The molecule has 2 aliphatic carbocycles. The van der Waals surface area contributed by atoms with E-state index in [0.717, 1.165) is 82.2 Å². The fourth-order valence-electron chi connectivity index (χ4n) is 8.52. The number of carbonyl (C=O) groups is 3. The number of ether oxygens (including phenoxy) is 1. The molecule has 0 aromatic heterocycles. The summed E-state index contributed by atoms with van der Waals surface area (Å²) < 4.78 is 6.12. The Morgan fingerprint density at radius 3 is 2.43 bits per heavy atom. The molecule has 0 radical (unpaired) electrons. The minimum Gasteiger partial charge on any atom is -0.461 e. The largest absolute Gasteiger partial charge is 0.461 e. The Hall–Kier alpha value is -3.29. The summed E-state index contributed by atoms with van der Waals surface area (Å²) >= 11 is 0. The predicted octanol–water partition coefficient (Wildman–Crippen LogP) is 5.46. The van der Waals surface area contributed by atoms with Crippen LogP contribution in [-0.2, 0) is 20.7 Å². The number of benzene rings is 2. The minimum absolute atomic E-state index is 0.118. The molecular weight excluding hydrogens is 528 g/mol. The van der Waals surface area contributed by atoms with Crippen molar-refractivity contribution in [2.75, 3.05) is 31.1 Å². The number of rotatable bonds is 8. The molecule has 42 heavy (non-hydrogen) atoms. The second kappa shape index (κ2) is 11.4. The van der Waals surface area contributed by atoms with Crippen LogP contribution in [0, 0.1) is 10.8 Å². The lowest BCUT2D eigenvalue weighted by atomic mass is 9.47. The predicted molar refractivity (Wildman–Crippen MR) is 161 cm³/mol. The van der Waals surface area contributed by atoms with E-state index in [9.17, 15) is 19.5 Å². The molecule has 1 saturated heterocycles. The van der Waals surface area contributed by atoms with Crippen LogP contribution in [0.1, 0.15) is 80.6 Å². The summed E-state index contributed by atoms with van der Waals surface area (Å²) in [5.74, 6) is -1.46. The van der Waals surface area contributed by atoms with Crippen LogP contribution in [0.3, 0.4) is 0 Å². The second-order valence-corrected chi connectivity index (χ2v) is 13.0. The van der Waals surface area contributed by atoms with Gasteiger partial charge in [-0.1, -0.05) is 68.1 Å². The summed E-state index contributed by atoms with van der Waals surface area (Å²) in [6.07, 6.45) is 11.1. The van der Waals surface area contributed by atoms with Crippen molar-refractivity contribution < 1.29 is 24.2 Å². The van der Waals surface area contributed by atoms with Crippen LogP contribution in [0.15, 0.2) is 66.2 Å². The summed E-state index contributed by atoms with van der Waals surface area (Å²) in [5.41, 5.74) is 0.431. The molecule has 7 nitrogen and oxygen atoms in total. The van der Waals surface area contributed by atoms with E-state index in [1.807, 2.05) is 6.07 Å². The van der Waals surface area contributed by atoms with Gasteiger partial charge in [0.25, 0.3) is 11.8 Å². The van der Waals surface area contributed by atoms with E-state index in [1.54, 1.807) is 31.2 Å². The fraction of sp³-hybridized carbons (Fsp3) is 0.514. The van der Waals surface area contributed by atoms with Gasteiger partial charge in [-0.25, -0.2) is 9.69 Å². The highest BCUT2D eigenvalue weighted by molar-refractivity contribution is 6.31. The van der Waals surface area contributed by atoms with Gasteiger partial charge < -0.3 is 14.7 Å². The van der Waals surface area contributed by atoms with Gasteiger partial charge in [-0.15, -0.1) is 0 Å². The zero-order chi connectivity index (χ0) is 29.4. The summed E-state index contributed by atoms with van der Waals surface area (Å²) in [6.45, 7) is 4.24. The maximum Gasteiger partial charge on any atom is 0.340 e. The van der Waals surface area contributed by atoms with Gasteiger partial charge in [-0.3, -0.25) is 9.59 Å². The number of likely N-dealkylation sites (tertiary alicyclic amines) is 1. The van der Waals surface area contributed by atoms with Crippen LogP contribution in [0.4, 0.5) is 5.69 Å². The van der Waals surface area contributed by atoms with Crippen molar-refractivity contribution in [3.05, 3.63) is 77.4 Å². The molecule has 2 aliphatic heterocycles. The standard InChI is InChI=1S/C35H42N2O5/c1-26-22-30(38)37(31(26)39)29-16-7-6-15-28(29)32(40)42-25-34-19-11-18-33(17-8-3-9-20-35(33,34)41)23-36(24-34)21-10-14-27-12-4-2-5-13-27/h2,4-7,12-13,15-16,22,41H,3,8-11,14,17-21,23-25H2,1H3/t33-,34+,35-/m0/s1. The van der Waals surface area contributed by atoms with Crippen LogP contribution in [0.5, 0.6) is 0 Å². The maximum atomic E-state index is 13.7. The van der Waals surface area contributed by atoms with Gasteiger partial charge in [-0.05, 0) is 69.7 Å². The van der Waals surface area contributed by atoms with Gasteiger partial charge in [-0.2, -0.15) is 0 Å². The Balaban J connectivity index is 1.24. The fourth-order valence-corrected chi connectivity index (χ4v) is 8.52. The van der Waals surface area contributed by atoms with E-state index >= 15 is 0 Å². The zero-order valence-electron chi connectivity index (χ0n) is 24.6. The normalized spacial score (nSPS) is 29.6. The first kappa shape index (κ1) is 28.8. The molecule has 2 bridgehead atoms. The summed E-state index contributed by atoms with van der Waals surface area (Å²) in [7, 11) is 0. The summed E-state index contributed by atoms with van der Waals surface area (Å²) in [6, 6.07) is 17.2. The highest BCUT2D eigenvalue weighted by Crippen LogP contribution is 2.63. The molecule has 6 rings (SSSR count). The summed E-state index contributed by atoms with van der Waals surface area (Å²) in [4.78, 5) is 42.6. The third-order valence-electron chi connectivity index (χ3n) is 10.5. The van der Waals surface area contributed by atoms with Gasteiger partial charge in [0.2, 0.25) is 0 Å². The highest BCUT2D eigenvalue weighted by Gasteiger charge is 2.67. The van der Waals surface area contributed by atoms with E-state index in [2.05, 4.69) is 29.2 Å². The Morgan fingerprint density at radius 2 is 1.64 bits per heavy atom. The molecular formula is C35H42N2O5. The topological polar surface area (TPSA) is 87.2 Å². The van der Waals surface area contributed by atoms with Crippen molar-refractivity contribution >= 4 is 23.5 Å². The van der Waals surface area contributed by atoms with E-state index in [-0.39, 0.29) is 23.3 Å². The van der Waals surface area contributed by atoms with Crippen molar-refractivity contribution in [1.29, 1.82) is 0 Å².